The molecule has 3 aromatic rings. The Labute approximate surface area is 254 Å². The molecule has 4 atom stereocenters. The van der Waals surface area contributed by atoms with Crippen LogP contribution in [-0.4, -0.2) is 19.1 Å². The van der Waals surface area contributed by atoms with Crippen LogP contribution in [0.25, 0.3) is 16.7 Å². The molecule has 0 radical (unpaired) electrons. The zero-order valence-electron chi connectivity index (χ0n) is 25.1. The number of phosphoric ester groups is 1. The third kappa shape index (κ3) is 5.48. The van der Waals surface area contributed by atoms with Crippen LogP contribution in [0.2, 0.25) is 0 Å². The van der Waals surface area contributed by atoms with Gasteiger partial charge < -0.3 is 18.5 Å². The number of hydrogen-bond donors (Lipinski definition) is 1. The highest BCUT2D eigenvalue weighted by Crippen LogP contribution is 2.63. The van der Waals surface area contributed by atoms with Gasteiger partial charge in [-0.05, 0) is 102 Å². The Morgan fingerprint density at radius 3 is 2.44 bits per heavy atom. The highest BCUT2D eigenvalue weighted by atomic mass is 31.2. The van der Waals surface area contributed by atoms with Crippen molar-refractivity contribution in [1.29, 1.82) is 0 Å². The van der Waals surface area contributed by atoms with Crippen molar-refractivity contribution in [2.24, 2.45) is 11.8 Å². The van der Waals surface area contributed by atoms with E-state index in [1.807, 2.05) is 12.1 Å². The van der Waals surface area contributed by atoms with Crippen molar-refractivity contribution in [3.8, 4) is 16.9 Å². The molecule has 4 aliphatic rings. The number of phosphoric acid groups is 1. The van der Waals surface area contributed by atoms with Gasteiger partial charge in [0.15, 0.2) is 0 Å². The van der Waals surface area contributed by atoms with Gasteiger partial charge in [0.2, 0.25) is 0 Å². The quantitative estimate of drug-likeness (QED) is 0.285. The first-order valence-electron chi connectivity index (χ1n) is 15.8. The van der Waals surface area contributed by atoms with E-state index in [-0.39, 0.29) is 11.8 Å². The smallest absolute Gasteiger partial charge is 0.399 e. The summed E-state index contributed by atoms with van der Waals surface area (Å²) in [5, 5.41) is 0. The van der Waals surface area contributed by atoms with Crippen LogP contribution >= 0.6 is 7.82 Å². The highest BCUT2D eigenvalue weighted by Gasteiger charge is 2.47. The summed E-state index contributed by atoms with van der Waals surface area (Å²) in [6, 6.07) is 18.9. The first-order valence-corrected chi connectivity index (χ1v) is 17.3. The van der Waals surface area contributed by atoms with E-state index in [2.05, 4.69) is 42.5 Å². The zero-order valence-corrected chi connectivity index (χ0v) is 26.0. The Morgan fingerprint density at radius 1 is 0.884 bits per heavy atom. The molecule has 0 amide bonds. The van der Waals surface area contributed by atoms with Gasteiger partial charge in [-0.2, -0.15) is 0 Å². The highest BCUT2D eigenvalue weighted by molar-refractivity contribution is 7.48. The molecule has 43 heavy (non-hydrogen) atoms. The van der Waals surface area contributed by atoms with Crippen LogP contribution in [0.1, 0.15) is 84.2 Å². The van der Waals surface area contributed by atoms with Crippen LogP contribution in [0, 0.1) is 11.8 Å². The van der Waals surface area contributed by atoms with E-state index in [4.69, 9.17) is 18.5 Å². The molecule has 7 heteroatoms. The molecule has 7 rings (SSSR count). The molecule has 0 spiro atoms. The molecule has 1 heterocycles. The van der Waals surface area contributed by atoms with Gasteiger partial charge in [-0.15, -0.1) is 0 Å². The van der Waals surface area contributed by atoms with E-state index in [9.17, 15) is 9.46 Å². The van der Waals surface area contributed by atoms with Crippen LogP contribution in [0.5, 0.6) is 5.75 Å². The van der Waals surface area contributed by atoms with E-state index >= 15 is 0 Å². The minimum Gasteiger partial charge on any atom is -0.399 e. The van der Waals surface area contributed by atoms with Crippen LogP contribution < -0.4 is 4.52 Å². The molecule has 0 aromatic heterocycles. The third-order valence-corrected chi connectivity index (χ3v) is 10.7. The second-order valence-electron chi connectivity index (χ2n) is 12.7. The second kappa shape index (κ2) is 11.9. The van der Waals surface area contributed by atoms with Gasteiger partial charge >= 0.3 is 7.82 Å². The lowest BCUT2D eigenvalue weighted by Gasteiger charge is -2.42. The number of hydrogen-bond acceptors (Lipinski definition) is 5. The van der Waals surface area contributed by atoms with Crippen LogP contribution in [0.3, 0.4) is 0 Å². The SMILES string of the molecule is COCc1cccc(-c2cc3c(c4c2OP(=O)(O)OC2=C4C4CCCCC4CC2c2cccc(COC)c2)CCCC3)c1. The van der Waals surface area contributed by atoms with Crippen molar-refractivity contribution in [2.45, 2.75) is 76.9 Å². The number of allylic oxidation sites excluding steroid dienone is 2. The number of ether oxygens (including phenoxy) is 2. The van der Waals surface area contributed by atoms with Crippen molar-refractivity contribution in [2.75, 3.05) is 14.2 Å². The number of benzene rings is 3. The maximum atomic E-state index is 13.9. The molecule has 4 unspecified atom stereocenters. The minimum absolute atomic E-state index is 0.130. The topological polar surface area (TPSA) is 74.2 Å². The Bertz CT molecular complexity index is 1610. The van der Waals surface area contributed by atoms with Crippen molar-refractivity contribution < 1.29 is 28.0 Å². The van der Waals surface area contributed by atoms with Gasteiger partial charge in [0.1, 0.15) is 11.5 Å². The average Bonchev–Trinajstić information content (AvgIpc) is 3.14. The van der Waals surface area contributed by atoms with E-state index in [0.29, 0.717) is 30.6 Å². The van der Waals surface area contributed by atoms with E-state index in [1.54, 1.807) is 14.2 Å². The van der Waals surface area contributed by atoms with Gasteiger partial charge in [0.25, 0.3) is 0 Å². The van der Waals surface area contributed by atoms with E-state index in [1.165, 1.54) is 17.5 Å². The lowest BCUT2D eigenvalue weighted by Crippen LogP contribution is -2.30. The van der Waals surface area contributed by atoms with Crippen LogP contribution in [0.15, 0.2) is 60.4 Å². The largest absolute Gasteiger partial charge is 0.584 e. The van der Waals surface area contributed by atoms with Crippen LogP contribution in [-0.2, 0) is 44.6 Å². The first kappa shape index (κ1) is 28.9. The third-order valence-electron chi connectivity index (χ3n) is 9.91. The lowest BCUT2D eigenvalue weighted by molar-refractivity contribution is 0.184. The van der Waals surface area contributed by atoms with E-state index in [0.717, 1.165) is 90.3 Å². The van der Waals surface area contributed by atoms with Gasteiger partial charge in [-0.3, -0.25) is 4.89 Å². The molecule has 1 aliphatic heterocycles. The summed E-state index contributed by atoms with van der Waals surface area (Å²) in [6.45, 7) is 1.01. The summed E-state index contributed by atoms with van der Waals surface area (Å²) in [6.07, 6.45) is 9.64. The summed E-state index contributed by atoms with van der Waals surface area (Å²) >= 11 is 0. The summed E-state index contributed by atoms with van der Waals surface area (Å²) in [4.78, 5) is 11.4. The molecule has 6 nitrogen and oxygen atoms in total. The lowest BCUT2D eigenvalue weighted by atomic mass is 9.63. The summed E-state index contributed by atoms with van der Waals surface area (Å²) < 4.78 is 37.3. The monoisotopic (exact) mass is 600 g/mol. The molecule has 0 saturated heterocycles. The van der Waals surface area contributed by atoms with Crippen LogP contribution in [0.4, 0.5) is 0 Å². The predicted molar refractivity (Wildman–Crippen MR) is 168 cm³/mol. The standard InChI is InChI=1S/C36H41O6P/c1-39-21-23-9-7-13-25(17-23)31-19-27-11-3-5-15-29(27)33-34-30-16-6-4-12-28(30)20-32(26-14-8-10-24(18-26)22-40-2)36(34)42-43(37,38)41-35(31)33/h7-10,13-14,17-19,28,30,32H,3-6,11-12,15-16,20-22H2,1-2H3,(H,37,38). The van der Waals surface area contributed by atoms with Gasteiger partial charge in [0, 0.05) is 36.8 Å². The summed E-state index contributed by atoms with van der Waals surface area (Å²) in [7, 11) is -1.10. The maximum Gasteiger partial charge on any atom is 0.584 e. The Morgan fingerprint density at radius 2 is 1.63 bits per heavy atom. The Kier molecular flexibility index (Phi) is 7.98. The van der Waals surface area contributed by atoms with Crippen molar-refractivity contribution in [1.82, 2.24) is 0 Å². The molecule has 1 N–H and O–H groups in total. The zero-order chi connectivity index (χ0) is 29.6. The van der Waals surface area contributed by atoms with Crippen molar-refractivity contribution in [3.63, 3.8) is 0 Å². The molecule has 3 aliphatic carbocycles. The number of fused-ring (bicyclic) bond motifs is 6. The fourth-order valence-electron chi connectivity index (χ4n) is 8.16. The van der Waals surface area contributed by atoms with Gasteiger partial charge in [-0.1, -0.05) is 55.3 Å². The molecule has 0 bridgehead atoms. The maximum absolute atomic E-state index is 13.9. The average molecular weight is 601 g/mol. The molecule has 226 valence electrons. The Hall–Kier alpha value is -2.89. The number of aryl methyl sites for hydroxylation is 1. The molecule has 1 saturated carbocycles. The Balaban J connectivity index is 1.51. The molecule has 3 aromatic carbocycles. The van der Waals surface area contributed by atoms with Crippen molar-refractivity contribution >= 4 is 13.4 Å². The minimum atomic E-state index is -4.50. The molecular weight excluding hydrogens is 559 g/mol. The second-order valence-corrected chi connectivity index (χ2v) is 14.0. The normalized spacial score (nSPS) is 26.3. The predicted octanol–water partition coefficient (Wildman–Crippen LogP) is 8.74. The number of methoxy groups -OCH3 is 2. The van der Waals surface area contributed by atoms with Crippen molar-refractivity contribution in [3.05, 3.63) is 93.7 Å². The number of rotatable bonds is 6. The van der Waals surface area contributed by atoms with E-state index < -0.39 is 7.82 Å². The summed E-state index contributed by atoms with van der Waals surface area (Å²) in [5.41, 5.74) is 9.79. The fraction of sp³-hybridized carbons (Fsp3) is 0.444. The fourth-order valence-corrected chi connectivity index (χ4v) is 9.09. The first-order chi connectivity index (χ1) is 21.0. The molecule has 1 fully saturated rings. The van der Waals surface area contributed by atoms with Gasteiger partial charge in [0.05, 0.1) is 13.2 Å². The van der Waals surface area contributed by atoms with Gasteiger partial charge in [-0.25, -0.2) is 4.57 Å². The summed E-state index contributed by atoms with van der Waals surface area (Å²) in [5.74, 6) is 1.76. The molecular formula is C36H41O6P.